The first-order chi connectivity index (χ1) is 19.1. The quantitative estimate of drug-likeness (QED) is 0.399. The van der Waals surface area contributed by atoms with Crippen molar-refractivity contribution in [2.75, 3.05) is 69.4 Å². The van der Waals surface area contributed by atoms with E-state index in [2.05, 4.69) is 50.7 Å². The molecule has 11 nitrogen and oxygen atoms in total. The van der Waals surface area contributed by atoms with Gasteiger partial charge in [0, 0.05) is 49.0 Å². The molecule has 218 valence electrons. The average Bonchev–Trinajstić information content (AvgIpc) is 3.34. The number of hydrogen-bond donors (Lipinski definition) is 1. The second-order valence-corrected chi connectivity index (χ2v) is 13.5. The van der Waals surface area contributed by atoms with Crippen molar-refractivity contribution < 1.29 is 17.9 Å². The van der Waals surface area contributed by atoms with E-state index in [0.29, 0.717) is 49.9 Å². The van der Waals surface area contributed by atoms with Gasteiger partial charge in [0.2, 0.25) is 21.9 Å². The van der Waals surface area contributed by atoms with Gasteiger partial charge in [0.1, 0.15) is 5.69 Å². The lowest BCUT2D eigenvalue weighted by Crippen LogP contribution is -2.45. The third-order valence-electron chi connectivity index (χ3n) is 7.73. The SMILES string of the molecule is COc1ncc(-c2nc(N3CCOCC3)nc3c(CN4CCC(N(C)C(C)C)CC4)csc23)cc1NS(C)(=O)=O. The molecule has 0 radical (unpaired) electrons. The van der Waals surface area contributed by atoms with Gasteiger partial charge in [0.05, 0.1) is 42.5 Å². The lowest BCUT2D eigenvalue weighted by atomic mass is 10.0. The van der Waals surface area contributed by atoms with E-state index >= 15 is 0 Å². The molecule has 0 amide bonds. The summed E-state index contributed by atoms with van der Waals surface area (Å²) < 4.78 is 38.4. The standard InChI is InChI=1S/C27H39N7O4S2/c1-18(2)32(3)21-6-8-33(9-7-21)16-20-17-39-25-23(29-27(30-24(20)25)34-10-12-38-13-11-34)19-14-22(31-40(5,35)36)26(37-4)28-15-19/h14-15,17-18,21,31H,6-13,16H2,1-5H3. The summed E-state index contributed by atoms with van der Waals surface area (Å²) >= 11 is 1.62. The molecule has 0 spiro atoms. The zero-order chi connectivity index (χ0) is 28.4. The summed E-state index contributed by atoms with van der Waals surface area (Å²) in [6.45, 7) is 10.1. The van der Waals surface area contributed by atoms with Crippen molar-refractivity contribution in [3.8, 4) is 17.1 Å². The maximum absolute atomic E-state index is 12.0. The number of sulfonamides is 1. The maximum Gasteiger partial charge on any atom is 0.238 e. The van der Waals surface area contributed by atoms with Crippen LogP contribution in [-0.4, -0.2) is 105 Å². The van der Waals surface area contributed by atoms with Crippen molar-refractivity contribution in [2.45, 2.75) is 45.3 Å². The fourth-order valence-electron chi connectivity index (χ4n) is 5.33. The number of piperidine rings is 1. The molecule has 2 saturated heterocycles. The van der Waals surface area contributed by atoms with Gasteiger partial charge in [-0.15, -0.1) is 11.3 Å². The molecule has 0 aromatic carbocycles. The van der Waals surface area contributed by atoms with Crippen LogP contribution < -0.4 is 14.4 Å². The Balaban J connectivity index is 1.50. The summed E-state index contributed by atoms with van der Waals surface area (Å²) in [5.41, 5.74) is 3.82. The Kier molecular flexibility index (Phi) is 8.76. The normalized spacial score (nSPS) is 17.7. The van der Waals surface area contributed by atoms with Crippen LogP contribution >= 0.6 is 11.3 Å². The fourth-order valence-corrected chi connectivity index (χ4v) is 6.89. The van der Waals surface area contributed by atoms with Gasteiger partial charge in [0.25, 0.3) is 0 Å². The number of rotatable bonds is 9. The van der Waals surface area contributed by atoms with Crippen molar-refractivity contribution in [1.29, 1.82) is 0 Å². The molecular formula is C27H39N7O4S2. The Morgan fingerprint density at radius 2 is 1.93 bits per heavy atom. The van der Waals surface area contributed by atoms with E-state index in [1.165, 1.54) is 12.7 Å². The number of ether oxygens (including phenoxy) is 2. The van der Waals surface area contributed by atoms with Gasteiger partial charge in [-0.1, -0.05) is 0 Å². The van der Waals surface area contributed by atoms with Gasteiger partial charge in [-0.25, -0.2) is 23.4 Å². The number of nitrogens with one attached hydrogen (secondary N) is 1. The Morgan fingerprint density at radius 3 is 2.58 bits per heavy atom. The van der Waals surface area contributed by atoms with Gasteiger partial charge < -0.3 is 19.3 Å². The lowest BCUT2D eigenvalue weighted by Gasteiger charge is -2.38. The summed E-state index contributed by atoms with van der Waals surface area (Å²) in [6.07, 6.45) is 5.09. The molecule has 3 aromatic rings. The average molecular weight is 590 g/mol. The van der Waals surface area contributed by atoms with Gasteiger partial charge in [-0.2, -0.15) is 0 Å². The molecule has 0 unspecified atom stereocenters. The zero-order valence-electron chi connectivity index (χ0n) is 23.9. The first-order valence-corrected chi connectivity index (χ1v) is 16.5. The summed E-state index contributed by atoms with van der Waals surface area (Å²) in [6, 6.07) is 2.90. The molecule has 0 aliphatic carbocycles. The number of likely N-dealkylation sites (tertiary alicyclic amines) is 1. The first-order valence-electron chi connectivity index (χ1n) is 13.7. The Hall–Kier alpha value is -2.58. The molecule has 0 saturated carbocycles. The van der Waals surface area contributed by atoms with Crippen LogP contribution in [0.25, 0.3) is 21.5 Å². The molecular weight excluding hydrogens is 550 g/mol. The zero-order valence-corrected chi connectivity index (χ0v) is 25.5. The van der Waals surface area contributed by atoms with Crippen molar-refractivity contribution in [2.24, 2.45) is 0 Å². The van der Waals surface area contributed by atoms with E-state index in [4.69, 9.17) is 19.4 Å². The van der Waals surface area contributed by atoms with E-state index in [-0.39, 0.29) is 11.6 Å². The molecule has 0 atom stereocenters. The van der Waals surface area contributed by atoms with E-state index in [9.17, 15) is 8.42 Å². The van der Waals surface area contributed by atoms with Crippen LogP contribution in [0.1, 0.15) is 32.3 Å². The van der Waals surface area contributed by atoms with Crippen molar-refractivity contribution >= 4 is 43.2 Å². The van der Waals surface area contributed by atoms with Crippen LogP contribution in [-0.2, 0) is 21.3 Å². The third kappa shape index (κ3) is 6.49. The molecule has 2 aliphatic rings. The van der Waals surface area contributed by atoms with E-state index in [1.807, 2.05) is 0 Å². The Bertz CT molecular complexity index is 1430. The minimum absolute atomic E-state index is 0.200. The molecule has 2 aliphatic heterocycles. The second-order valence-electron chi connectivity index (χ2n) is 10.8. The minimum atomic E-state index is -3.53. The number of morpholine rings is 1. The number of fused-ring (bicyclic) bond motifs is 1. The molecule has 13 heteroatoms. The van der Waals surface area contributed by atoms with Crippen molar-refractivity contribution in [3.05, 3.63) is 23.2 Å². The number of nitrogens with zero attached hydrogens (tertiary/aromatic N) is 6. The number of methoxy groups -OCH3 is 1. The van der Waals surface area contributed by atoms with E-state index in [1.54, 1.807) is 23.6 Å². The molecule has 3 aromatic heterocycles. The van der Waals surface area contributed by atoms with Crippen LogP contribution in [0.15, 0.2) is 17.6 Å². The number of thiophene rings is 1. The van der Waals surface area contributed by atoms with Crippen LogP contribution in [0.5, 0.6) is 5.88 Å². The lowest BCUT2D eigenvalue weighted by molar-refractivity contribution is 0.104. The monoisotopic (exact) mass is 589 g/mol. The van der Waals surface area contributed by atoms with Crippen LogP contribution in [0.3, 0.4) is 0 Å². The summed E-state index contributed by atoms with van der Waals surface area (Å²) in [7, 11) is 0.159. The van der Waals surface area contributed by atoms with E-state index in [0.717, 1.165) is 54.6 Å². The van der Waals surface area contributed by atoms with Gasteiger partial charge in [-0.3, -0.25) is 9.62 Å². The first kappa shape index (κ1) is 28.9. The maximum atomic E-state index is 12.0. The number of aromatic nitrogens is 3. The highest BCUT2D eigenvalue weighted by Gasteiger charge is 2.26. The van der Waals surface area contributed by atoms with Crippen molar-refractivity contribution in [1.82, 2.24) is 24.8 Å². The van der Waals surface area contributed by atoms with Gasteiger partial charge >= 0.3 is 0 Å². The molecule has 1 N–H and O–H groups in total. The number of anilines is 2. The van der Waals surface area contributed by atoms with E-state index < -0.39 is 10.0 Å². The highest BCUT2D eigenvalue weighted by atomic mass is 32.2. The van der Waals surface area contributed by atoms with Crippen LogP contribution in [0.2, 0.25) is 0 Å². The number of hydrogen-bond acceptors (Lipinski definition) is 11. The largest absolute Gasteiger partial charge is 0.480 e. The number of pyridine rings is 1. The Labute approximate surface area is 240 Å². The molecule has 40 heavy (non-hydrogen) atoms. The third-order valence-corrected chi connectivity index (χ3v) is 9.34. The Morgan fingerprint density at radius 1 is 1.20 bits per heavy atom. The minimum Gasteiger partial charge on any atom is -0.480 e. The summed E-state index contributed by atoms with van der Waals surface area (Å²) in [4.78, 5) is 21.6. The summed E-state index contributed by atoms with van der Waals surface area (Å²) in [5, 5.41) is 2.19. The van der Waals surface area contributed by atoms with Crippen LogP contribution in [0.4, 0.5) is 11.6 Å². The van der Waals surface area contributed by atoms with Crippen molar-refractivity contribution in [3.63, 3.8) is 0 Å². The topological polar surface area (TPSA) is 113 Å². The predicted octanol–water partition coefficient (Wildman–Crippen LogP) is 3.27. The highest BCUT2D eigenvalue weighted by Crippen LogP contribution is 2.37. The second kappa shape index (κ2) is 12.1. The highest BCUT2D eigenvalue weighted by molar-refractivity contribution is 7.92. The molecule has 2 fully saturated rings. The fraction of sp³-hybridized carbons (Fsp3) is 0.593. The molecule has 5 rings (SSSR count). The van der Waals surface area contributed by atoms with Crippen LogP contribution in [0, 0.1) is 0 Å². The predicted molar refractivity (Wildman–Crippen MR) is 160 cm³/mol. The molecule has 0 bridgehead atoms. The van der Waals surface area contributed by atoms with Gasteiger partial charge in [0.15, 0.2) is 0 Å². The summed E-state index contributed by atoms with van der Waals surface area (Å²) in [5.74, 6) is 0.849. The van der Waals surface area contributed by atoms with Gasteiger partial charge in [-0.05, 0) is 58.3 Å². The molecule has 5 heterocycles. The smallest absolute Gasteiger partial charge is 0.238 e.